The number of piperidine rings is 1. The van der Waals surface area contributed by atoms with Crippen LogP contribution in [0.2, 0.25) is 0 Å². The first-order chi connectivity index (χ1) is 13.7. The molecule has 6 heteroatoms. The van der Waals surface area contributed by atoms with Gasteiger partial charge in [0.15, 0.2) is 5.96 Å². The molecule has 2 aromatic rings. The third-order valence-electron chi connectivity index (χ3n) is 5.08. The molecule has 0 radical (unpaired) electrons. The van der Waals surface area contributed by atoms with E-state index in [0.29, 0.717) is 6.04 Å². The number of halogens is 1. The maximum absolute atomic E-state index is 5.29. The third kappa shape index (κ3) is 5.97. The van der Waals surface area contributed by atoms with Crippen LogP contribution >= 0.6 is 15.9 Å². The van der Waals surface area contributed by atoms with Gasteiger partial charge in [0.05, 0.1) is 11.6 Å². The van der Waals surface area contributed by atoms with Gasteiger partial charge in [0.25, 0.3) is 0 Å². The summed E-state index contributed by atoms with van der Waals surface area (Å²) in [4.78, 5) is 6.91. The molecule has 0 saturated carbocycles. The summed E-state index contributed by atoms with van der Waals surface area (Å²) in [6, 6.07) is 17.3. The van der Waals surface area contributed by atoms with E-state index < -0.39 is 0 Å². The van der Waals surface area contributed by atoms with E-state index in [-0.39, 0.29) is 0 Å². The molecule has 1 aliphatic rings. The molecule has 0 unspecified atom stereocenters. The van der Waals surface area contributed by atoms with Crippen LogP contribution in [-0.2, 0) is 13.1 Å². The van der Waals surface area contributed by atoms with Crippen LogP contribution in [0.5, 0.6) is 5.75 Å². The van der Waals surface area contributed by atoms with Crippen molar-refractivity contribution in [1.29, 1.82) is 0 Å². The lowest BCUT2D eigenvalue weighted by Crippen LogP contribution is -2.48. The zero-order chi connectivity index (χ0) is 19.8. The number of benzene rings is 2. The van der Waals surface area contributed by atoms with E-state index in [1.807, 2.05) is 13.1 Å². The largest absolute Gasteiger partial charge is 0.496 e. The molecule has 150 valence electrons. The summed E-state index contributed by atoms with van der Waals surface area (Å²) in [5, 5.41) is 6.99. The Balaban J connectivity index is 1.43. The van der Waals surface area contributed by atoms with Gasteiger partial charge < -0.3 is 15.4 Å². The van der Waals surface area contributed by atoms with E-state index >= 15 is 0 Å². The fourth-order valence-electron chi connectivity index (χ4n) is 3.47. The van der Waals surface area contributed by atoms with Crippen molar-refractivity contribution in [3.63, 3.8) is 0 Å². The second kappa shape index (κ2) is 10.5. The fraction of sp³-hybridized carbons (Fsp3) is 0.409. The van der Waals surface area contributed by atoms with Crippen LogP contribution in [0.4, 0.5) is 0 Å². The van der Waals surface area contributed by atoms with Gasteiger partial charge in [-0.1, -0.05) is 36.4 Å². The first-order valence-electron chi connectivity index (χ1n) is 9.74. The molecular weight excluding hydrogens is 416 g/mol. The summed E-state index contributed by atoms with van der Waals surface area (Å²) in [5.74, 6) is 1.70. The normalized spacial score (nSPS) is 16.0. The molecule has 0 bridgehead atoms. The molecule has 1 aliphatic heterocycles. The zero-order valence-electron chi connectivity index (χ0n) is 16.6. The fourth-order valence-corrected chi connectivity index (χ4v) is 4.06. The van der Waals surface area contributed by atoms with Gasteiger partial charge >= 0.3 is 0 Å². The second-order valence-corrected chi connectivity index (χ2v) is 7.93. The Morgan fingerprint density at radius 1 is 1.14 bits per heavy atom. The molecule has 2 N–H and O–H groups in total. The molecule has 28 heavy (non-hydrogen) atoms. The predicted molar refractivity (Wildman–Crippen MR) is 119 cm³/mol. The third-order valence-corrected chi connectivity index (χ3v) is 5.70. The van der Waals surface area contributed by atoms with E-state index in [4.69, 9.17) is 4.74 Å². The predicted octanol–water partition coefficient (Wildman–Crippen LogP) is 3.79. The number of hydrogen-bond donors (Lipinski definition) is 2. The van der Waals surface area contributed by atoms with Gasteiger partial charge in [-0.25, -0.2) is 0 Å². The van der Waals surface area contributed by atoms with E-state index in [1.165, 1.54) is 11.1 Å². The number of nitrogens with zero attached hydrogens (tertiary/aromatic N) is 2. The molecule has 1 saturated heterocycles. The highest BCUT2D eigenvalue weighted by Crippen LogP contribution is 2.25. The van der Waals surface area contributed by atoms with E-state index in [2.05, 4.69) is 78.9 Å². The summed E-state index contributed by atoms with van der Waals surface area (Å²) in [6.45, 7) is 3.96. The van der Waals surface area contributed by atoms with Crippen molar-refractivity contribution >= 4 is 21.9 Å². The lowest BCUT2D eigenvalue weighted by Gasteiger charge is -2.33. The Morgan fingerprint density at radius 2 is 1.89 bits per heavy atom. The Hall–Kier alpha value is -2.05. The van der Waals surface area contributed by atoms with Gasteiger partial charge in [0.1, 0.15) is 5.75 Å². The van der Waals surface area contributed by atoms with Crippen molar-refractivity contribution < 1.29 is 4.74 Å². The van der Waals surface area contributed by atoms with Gasteiger partial charge in [-0.15, -0.1) is 0 Å². The summed E-state index contributed by atoms with van der Waals surface area (Å²) in [7, 11) is 3.50. The van der Waals surface area contributed by atoms with Crippen LogP contribution < -0.4 is 15.4 Å². The van der Waals surface area contributed by atoms with Crippen molar-refractivity contribution in [1.82, 2.24) is 15.5 Å². The minimum atomic E-state index is 0.459. The van der Waals surface area contributed by atoms with Crippen LogP contribution in [0, 0.1) is 0 Å². The molecule has 1 fully saturated rings. The highest BCUT2D eigenvalue weighted by atomic mass is 79.9. The monoisotopic (exact) mass is 444 g/mol. The molecule has 0 spiro atoms. The Morgan fingerprint density at radius 3 is 2.54 bits per heavy atom. The Labute approximate surface area is 176 Å². The topological polar surface area (TPSA) is 48.9 Å². The number of methoxy groups -OCH3 is 1. The van der Waals surface area contributed by atoms with E-state index in [9.17, 15) is 0 Å². The summed E-state index contributed by atoms with van der Waals surface area (Å²) in [5.41, 5.74) is 2.56. The van der Waals surface area contributed by atoms with Crippen LogP contribution in [0.25, 0.3) is 0 Å². The smallest absolute Gasteiger partial charge is 0.191 e. The highest BCUT2D eigenvalue weighted by molar-refractivity contribution is 9.10. The van der Waals surface area contributed by atoms with Crippen molar-refractivity contribution in [3.8, 4) is 5.75 Å². The number of rotatable bonds is 6. The molecule has 1 heterocycles. The average Bonchev–Trinajstić information content (AvgIpc) is 2.73. The molecule has 0 aromatic heterocycles. The number of nitrogens with one attached hydrogen (secondary N) is 2. The quantitative estimate of drug-likeness (QED) is 0.525. The van der Waals surface area contributed by atoms with Crippen molar-refractivity contribution in [3.05, 3.63) is 64.1 Å². The van der Waals surface area contributed by atoms with Gasteiger partial charge in [0.2, 0.25) is 0 Å². The van der Waals surface area contributed by atoms with Crippen molar-refractivity contribution in [2.45, 2.75) is 32.0 Å². The molecule has 0 atom stereocenters. The molecule has 5 nitrogen and oxygen atoms in total. The second-order valence-electron chi connectivity index (χ2n) is 7.08. The summed E-state index contributed by atoms with van der Waals surface area (Å²) < 4.78 is 6.25. The van der Waals surface area contributed by atoms with Gasteiger partial charge in [-0.2, -0.15) is 0 Å². The minimum absolute atomic E-state index is 0.459. The molecule has 0 amide bonds. The lowest BCUT2D eigenvalue weighted by atomic mass is 10.0. The Kier molecular flexibility index (Phi) is 7.74. The molecule has 2 aromatic carbocycles. The number of guanidine groups is 1. The summed E-state index contributed by atoms with van der Waals surface area (Å²) in [6.07, 6.45) is 2.25. The first kappa shape index (κ1) is 20.7. The molecule has 0 aliphatic carbocycles. The van der Waals surface area contributed by atoms with Crippen molar-refractivity contribution in [2.24, 2.45) is 4.99 Å². The maximum Gasteiger partial charge on any atom is 0.191 e. The molecular formula is C22H29BrN4O. The van der Waals surface area contributed by atoms with Gasteiger partial charge in [0, 0.05) is 39.3 Å². The number of likely N-dealkylation sites (tertiary alicyclic amines) is 1. The maximum atomic E-state index is 5.29. The van der Waals surface area contributed by atoms with Gasteiger partial charge in [-0.3, -0.25) is 9.89 Å². The minimum Gasteiger partial charge on any atom is -0.496 e. The van der Waals surface area contributed by atoms with Crippen LogP contribution in [-0.4, -0.2) is 44.1 Å². The van der Waals surface area contributed by atoms with Crippen molar-refractivity contribution in [2.75, 3.05) is 27.2 Å². The zero-order valence-corrected chi connectivity index (χ0v) is 18.2. The lowest BCUT2D eigenvalue weighted by molar-refractivity contribution is 0.198. The number of ether oxygens (including phenoxy) is 1. The Bertz CT molecular complexity index is 773. The highest BCUT2D eigenvalue weighted by Gasteiger charge is 2.20. The SMILES string of the molecule is CN=C(NCc1ccc(OC)c(Br)c1)NC1CCN(Cc2ccccc2)CC1. The molecule has 3 rings (SSSR count). The van der Waals surface area contributed by atoms with E-state index in [1.54, 1.807) is 7.11 Å². The van der Waals surface area contributed by atoms with Crippen LogP contribution in [0.15, 0.2) is 58.0 Å². The van der Waals surface area contributed by atoms with Crippen LogP contribution in [0.3, 0.4) is 0 Å². The first-order valence-corrected chi connectivity index (χ1v) is 10.5. The van der Waals surface area contributed by atoms with Crippen LogP contribution in [0.1, 0.15) is 24.0 Å². The van der Waals surface area contributed by atoms with E-state index in [0.717, 1.165) is 55.2 Å². The van der Waals surface area contributed by atoms with Gasteiger partial charge in [-0.05, 0) is 52.0 Å². The average molecular weight is 445 g/mol. The standard InChI is InChI=1S/C22H29BrN4O/c1-24-22(25-15-18-8-9-21(28-2)20(23)14-18)26-19-10-12-27(13-11-19)16-17-6-4-3-5-7-17/h3-9,14,19H,10-13,15-16H2,1-2H3,(H2,24,25,26). The summed E-state index contributed by atoms with van der Waals surface area (Å²) >= 11 is 3.54. The number of hydrogen-bond acceptors (Lipinski definition) is 3. The number of aliphatic imine (C=N–C) groups is 1.